The first-order valence-corrected chi connectivity index (χ1v) is 6.79. The Morgan fingerprint density at radius 3 is 2.76 bits per heavy atom. The summed E-state index contributed by atoms with van der Waals surface area (Å²) in [6.07, 6.45) is 5.49. The van der Waals surface area contributed by atoms with Crippen molar-refractivity contribution in [3.63, 3.8) is 0 Å². The highest BCUT2D eigenvalue weighted by atomic mass is 16.2. The van der Waals surface area contributed by atoms with E-state index in [0.29, 0.717) is 12.5 Å². The second-order valence-electron chi connectivity index (χ2n) is 5.34. The second-order valence-corrected chi connectivity index (χ2v) is 5.34. The van der Waals surface area contributed by atoms with Crippen molar-refractivity contribution in [1.82, 2.24) is 10.2 Å². The molecule has 0 bridgehead atoms. The molecule has 2 unspecified atom stereocenters. The van der Waals surface area contributed by atoms with Gasteiger partial charge in [0.15, 0.2) is 0 Å². The summed E-state index contributed by atoms with van der Waals surface area (Å²) in [5, 5.41) is 2.75. The first-order valence-electron chi connectivity index (χ1n) is 6.79. The number of urea groups is 1. The van der Waals surface area contributed by atoms with E-state index < -0.39 is 0 Å². The summed E-state index contributed by atoms with van der Waals surface area (Å²) in [5.41, 5.74) is 5.89. The molecule has 0 aromatic carbocycles. The summed E-state index contributed by atoms with van der Waals surface area (Å²) in [6, 6.07) is 0.0198. The van der Waals surface area contributed by atoms with Gasteiger partial charge in [-0.3, -0.25) is 0 Å². The summed E-state index contributed by atoms with van der Waals surface area (Å²) < 4.78 is 0. The van der Waals surface area contributed by atoms with E-state index in [1.54, 1.807) is 7.05 Å². The molecule has 0 saturated heterocycles. The number of rotatable bonds is 4. The van der Waals surface area contributed by atoms with Gasteiger partial charge in [-0.25, -0.2) is 4.79 Å². The normalized spacial score (nSPS) is 28.8. The van der Waals surface area contributed by atoms with E-state index in [-0.39, 0.29) is 11.6 Å². The van der Waals surface area contributed by atoms with Crippen molar-refractivity contribution in [2.45, 2.75) is 51.5 Å². The fourth-order valence-electron chi connectivity index (χ4n) is 3.09. The maximum absolute atomic E-state index is 12.0. The van der Waals surface area contributed by atoms with Crippen molar-refractivity contribution < 1.29 is 4.79 Å². The van der Waals surface area contributed by atoms with Crippen LogP contribution in [0.2, 0.25) is 0 Å². The summed E-state index contributed by atoms with van der Waals surface area (Å²) in [7, 11) is 1.70. The summed E-state index contributed by atoms with van der Waals surface area (Å²) in [4.78, 5) is 14.0. The monoisotopic (exact) mass is 241 g/mol. The van der Waals surface area contributed by atoms with Gasteiger partial charge in [0, 0.05) is 20.1 Å². The van der Waals surface area contributed by atoms with Crippen LogP contribution in [0, 0.1) is 5.92 Å². The summed E-state index contributed by atoms with van der Waals surface area (Å²) >= 11 is 0. The zero-order valence-corrected chi connectivity index (χ0v) is 11.5. The molecule has 0 spiro atoms. The topological polar surface area (TPSA) is 58.4 Å². The maximum atomic E-state index is 12.0. The third-order valence-electron chi connectivity index (χ3n) is 3.93. The number of amides is 2. The molecule has 2 amide bonds. The SMILES string of the molecule is CCCN(C(=O)NC)C1(CN)CCCC(C)C1. The van der Waals surface area contributed by atoms with E-state index in [1.165, 1.54) is 12.8 Å². The Morgan fingerprint density at radius 1 is 1.59 bits per heavy atom. The van der Waals surface area contributed by atoms with Gasteiger partial charge in [-0.2, -0.15) is 0 Å². The van der Waals surface area contributed by atoms with E-state index in [2.05, 4.69) is 19.2 Å². The number of carbonyl (C=O) groups excluding carboxylic acids is 1. The van der Waals surface area contributed by atoms with Crippen LogP contribution in [0.4, 0.5) is 4.79 Å². The number of carbonyl (C=O) groups is 1. The minimum Gasteiger partial charge on any atom is -0.341 e. The molecule has 0 heterocycles. The zero-order valence-electron chi connectivity index (χ0n) is 11.5. The van der Waals surface area contributed by atoms with Crippen LogP contribution >= 0.6 is 0 Å². The van der Waals surface area contributed by atoms with Gasteiger partial charge in [-0.05, 0) is 25.2 Å². The van der Waals surface area contributed by atoms with Crippen molar-refractivity contribution in [3.05, 3.63) is 0 Å². The van der Waals surface area contributed by atoms with Crippen LogP contribution in [-0.2, 0) is 0 Å². The van der Waals surface area contributed by atoms with Crippen LogP contribution in [0.1, 0.15) is 46.0 Å². The molecule has 3 N–H and O–H groups in total. The molecule has 4 heteroatoms. The molecule has 1 rings (SSSR count). The smallest absolute Gasteiger partial charge is 0.317 e. The third-order valence-corrected chi connectivity index (χ3v) is 3.93. The first-order chi connectivity index (χ1) is 8.09. The Bertz CT molecular complexity index is 257. The van der Waals surface area contributed by atoms with Crippen molar-refractivity contribution >= 4 is 6.03 Å². The quantitative estimate of drug-likeness (QED) is 0.790. The lowest BCUT2D eigenvalue weighted by atomic mass is 9.75. The predicted molar refractivity (Wildman–Crippen MR) is 70.9 cm³/mol. The van der Waals surface area contributed by atoms with Crippen LogP contribution in [0.3, 0.4) is 0 Å². The Hall–Kier alpha value is -0.770. The average molecular weight is 241 g/mol. The minimum atomic E-state index is -0.117. The van der Waals surface area contributed by atoms with Gasteiger partial charge < -0.3 is 16.0 Å². The molecular weight excluding hydrogens is 214 g/mol. The molecule has 1 fully saturated rings. The first kappa shape index (κ1) is 14.3. The molecule has 0 aliphatic heterocycles. The molecular formula is C13H27N3O. The Morgan fingerprint density at radius 2 is 2.29 bits per heavy atom. The van der Waals surface area contributed by atoms with Crippen LogP contribution in [-0.4, -0.2) is 36.6 Å². The van der Waals surface area contributed by atoms with Crippen molar-refractivity contribution in [3.8, 4) is 0 Å². The highest BCUT2D eigenvalue weighted by molar-refractivity contribution is 5.74. The molecule has 100 valence electrons. The molecule has 0 aromatic heterocycles. The van der Waals surface area contributed by atoms with Gasteiger partial charge >= 0.3 is 6.03 Å². The van der Waals surface area contributed by atoms with Crippen molar-refractivity contribution in [1.29, 1.82) is 0 Å². The fourth-order valence-corrected chi connectivity index (χ4v) is 3.09. The summed E-state index contributed by atoms with van der Waals surface area (Å²) in [6.45, 7) is 5.73. The Balaban J connectivity index is 2.89. The van der Waals surface area contributed by atoms with Gasteiger partial charge in [0.05, 0.1) is 5.54 Å². The third kappa shape index (κ3) is 3.12. The Labute approximate surface area is 105 Å². The highest BCUT2D eigenvalue weighted by Gasteiger charge is 2.40. The van der Waals surface area contributed by atoms with Gasteiger partial charge in [0.25, 0.3) is 0 Å². The molecule has 1 aliphatic carbocycles. The molecule has 0 radical (unpaired) electrons. The number of hydrogen-bond donors (Lipinski definition) is 2. The molecule has 1 saturated carbocycles. The van der Waals surface area contributed by atoms with Gasteiger partial charge in [-0.1, -0.05) is 26.7 Å². The van der Waals surface area contributed by atoms with Crippen LogP contribution in [0.5, 0.6) is 0 Å². The number of nitrogens with zero attached hydrogens (tertiary/aromatic N) is 1. The van der Waals surface area contributed by atoms with Gasteiger partial charge in [0.1, 0.15) is 0 Å². The maximum Gasteiger partial charge on any atom is 0.317 e. The van der Waals surface area contributed by atoms with E-state index in [4.69, 9.17) is 5.73 Å². The average Bonchev–Trinajstić information content (AvgIpc) is 2.34. The zero-order chi connectivity index (χ0) is 12.9. The molecule has 17 heavy (non-hydrogen) atoms. The lowest BCUT2D eigenvalue weighted by Crippen LogP contribution is -2.60. The lowest BCUT2D eigenvalue weighted by molar-refractivity contribution is 0.0667. The molecule has 4 nitrogen and oxygen atoms in total. The number of hydrogen-bond acceptors (Lipinski definition) is 2. The number of nitrogens with one attached hydrogen (secondary N) is 1. The van der Waals surface area contributed by atoms with Crippen LogP contribution in [0.15, 0.2) is 0 Å². The van der Waals surface area contributed by atoms with Gasteiger partial charge in [0.2, 0.25) is 0 Å². The predicted octanol–water partition coefficient (Wildman–Crippen LogP) is 1.95. The molecule has 0 aromatic rings. The molecule has 1 aliphatic rings. The van der Waals surface area contributed by atoms with Crippen molar-refractivity contribution in [2.24, 2.45) is 11.7 Å². The Kier molecular flexibility index (Phi) is 5.25. The van der Waals surface area contributed by atoms with Gasteiger partial charge in [-0.15, -0.1) is 0 Å². The van der Waals surface area contributed by atoms with E-state index in [9.17, 15) is 4.79 Å². The van der Waals surface area contributed by atoms with Crippen molar-refractivity contribution in [2.75, 3.05) is 20.1 Å². The largest absolute Gasteiger partial charge is 0.341 e. The van der Waals surface area contributed by atoms with Crippen LogP contribution < -0.4 is 11.1 Å². The standard InChI is InChI=1S/C13H27N3O/c1-4-8-16(12(17)15-3)13(10-14)7-5-6-11(2)9-13/h11H,4-10,14H2,1-3H3,(H,15,17). The fraction of sp³-hybridized carbons (Fsp3) is 0.923. The molecule has 2 atom stereocenters. The van der Waals surface area contributed by atoms with Crippen LogP contribution in [0.25, 0.3) is 0 Å². The highest BCUT2D eigenvalue weighted by Crippen LogP contribution is 2.36. The summed E-state index contributed by atoms with van der Waals surface area (Å²) in [5.74, 6) is 0.663. The number of nitrogens with two attached hydrogens (primary N) is 1. The lowest BCUT2D eigenvalue weighted by Gasteiger charge is -2.47. The van der Waals surface area contributed by atoms with E-state index >= 15 is 0 Å². The minimum absolute atomic E-state index is 0.0198. The second kappa shape index (κ2) is 6.24. The van der Waals surface area contributed by atoms with E-state index in [1.807, 2.05) is 4.90 Å². The van der Waals surface area contributed by atoms with E-state index in [0.717, 1.165) is 25.8 Å².